The molecule has 19 heavy (non-hydrogen) atoms. The van der Waals surface area contributed by atoms with Crippen LogP contribution in [0.4, 0.5) is 5.69 Å². The number of aromatic carboxylic acids is 1. The van der Waals surface area contributed by atoms with Crippen LogP contribution in [0.5, 0.6) is 0 Å². The fourth-order valence-electron chi connectivity index (χ4n) is 1.81. The number of amides is 1. The summed E-state index contributed by atoms with van der Waals surface area (Å²) in [5.74, 6) is -1.12. The van der Waals surface area contributed by atoms with Gasteiger partial charge in [0.25, 0.3) is 0 Å². The van der Waals surface area contributed by atoms with E-state index in [4.69, 9.17) is 5.11 Å². The third-order valence-corrected chi connectivity index (χ3v) is 2.59. The van der Waals surface area contributed by atoms with Crippen molar-refractivity contribution in [3.05, 3.63) is 30.0 Å². The normalized spacial score (nSPS) is 10.9. The van der Waals surface area contributed by atoms with Gasteiger partial charge in [0.1, 0.15) is 5.69 Å². The van der Waals surface area contributed by atoms with E-state index < -0.39 is 5.97 Å². The average molecular weight is 261 g/mol. The zero-order valence-corrected chi connectivity index (χ0v) is 10.7. The Morgan fingerprint density at radius 1 is 1.32 bits per heavy atom. The molecule has 0 atom stereocenters. The molecule has 0 saturated carbocycles. The molecule has 0 unspecified atom stereocenters. The van der Waals surface area contributed by atoms with Crippen molar-refractivity contribution in [1.82, 2.24) is 9.88 Å². The first-order valence-electron chi connectivity index (χ1n) is 5.76. The average Bonchev–Trinajstić information content (AvgIpc) is 2.70. The van der Waals surface area contributed by atoms with E-state index in [1.54, 1.807) is 29.2 Å². The summed E-state index contributed by atoms with van der Waals surface area (Å²) in [6, 6.07) is 6.76. The van der Waals surface area contributed by atoms with Crippen molar-refractivity contribution in [3.8, 4) is 0 Å². The number of fused-ring (bicyclic) bond motifs is 1. The number of benzene rings is 1. The number of carbonyl (C=O) groups is 2. The largest absolute Gasteiger partial charge is 0.477 e. The molecule has 0 radical (unpaired) electrons. The second kappa shape index (κ2) is 5.11. The first kappa shape index (κ1) is 13.1. The molecule has 0 aliphatic rings. The Bertz CT molecular complexity index is 631. The molecule has 0 bridgehead atoms. The third-order valence-electron chi connectivity index (χ3n) is 2.59. The molecular formula is C13H15N3O3. The predicted octanol–water partition coefficient (Wildman–Crippen LogP) is 1.37. The lowest BCUT2D eigenvalue weighted by Crippen LogP contribution is -2.27. The van der Waals surface area contributed by atoms with Gasteiger partial charge in [0.15, 0.2) is 0 Å². The number of aromatic amines is 1. The lowest BCUT2D eigenvalue weighted by molar-refractivity contribution is -0.116. The lowest BCUT2D eigenvalue weighted by Gasteiger charge is -2.10. The summed E-state index contributed by atoms with van der Waals surface area (Å²) >= 11 is 0. The van der Waals surface area contributed by atoms with Crippen LogP contribution in [0.15, 0.2) is 24.3 Å². The maximum atomic E-state index is 11.6. The monoisotopic (exact) mass is 261 g/mol. The topological polar surface area (TPSA) is 85.4 Å². The van der Waals surface area contributed by atoms with Gasteiger partial charge < -0.3 is 20.3 Å². The Morgan fingerprint density at radius 2 is 2.05 bits per heavy atom. The van der Waals surface area contributed by atoms with E-state index in [0.29, 0.717) is 12.2 Å². The summed E-state index contributed by atoms with van der Waals surface area (Å²) in [4.78, 5) is 27.0. The van der Waals surface area contributed by atoms with E-state index >= 15 is 0 Å². The highest BCUT2D eigenvalue weighted by Gasteiger charge is 2.09. The van der Waals surface area contributed by atoms with Gasteiger partial charge in [-0.05, 0) is 38.4 Å². The van der Waals surface area contributed by atoms with Gasteiger partial charge in [0.2, 0.25) is 5.91 Å². The number of anilines is 1. The van der Waals surface area contributed by atoms with E-state index in [9.17, 15) is 9.59 Å². The minimum Gasteiger partial charge on any atom is -0.477 e. The highest BCUT2D eigenvalue weighted by Crippen LogP contribution is 2.20. The van der Waals surface area contributed by atoms with Crippen LogP contribution < -0.4 is 5.32 Å². The first-order chi connectivity index (χ1) is 8.95. The molecular weight excluding hydrogens is 246 g/mol. The van der Waals surface area contributed by atoms with Gasteiger partial charge in [-0.15, -0.1) is 0 Å². The zero-order valence-electron chi connectivity index (χ0n) is 10.7. The molecule has 6 nitrogen and oxygen atoms in total. The van der Waals surface area contributed by atoms with E-state index in [1.807, 2.05) is 14.1 Å². The van der Waals surface area contributed by atoms with Crippen LogP contribution >= 0.6 is 0 Å². The van der Waals surface area contributed by atoms with Crippen LogP contribution in [-0.4, -0.2) is 47.5 Å². The molecule has 2 rings (SSSR count). The Kier molecular flexibility index (Phi) is 3.52. The number of carboxylic acid groups (broad SMARTS) is 1. The fourth-order valence-corrected chi connectivity index (χ4v) is 1.81. The Hall–Kier alpha value is -2.34. The van der Waals surface area contributed by atoms with Crippen molar-refractivity contribution in [3.63, 3.8) is 0 Å². The summed E-state index contributed by atoms with van der Waals surface area (Å²) in [6.07, 6.45) is 0. The van der Waals surface area contributed by atoms with E-state index in [1.165, 1.54) is 0 Å². The third kappa shape index (κ3) is 3.11. The zero-order chi connectivity index (χ0) is 14.0. The van der Waals surface area contributed by atoms with Crippen LogP contribution in [0, 0.1) is 0 Å². The summed E-state index contributed by atoms with van der Waals surface area (Å²) < 4.78 is 0. The van der Waals surface area contributed by atoms with Crippen LogP contribution in [0.25, 0.3) is 10.9 Å². The van der Waals surface area contributed by atoms with Gasteiger partial charge in [-0.1, -0.05) is 0 Å². The Morgan fingerprint density at radius 3 is 2.68 bits per heavy atom. The maximum Gasteiger partial charge on any atom is 0.352 e. The molecule has 0 spiro atoms. The summed E-state index contributed by atoms with van der Waals surface area (Å²) in [7, 11) is 3.63. The van der Waals surface area contributed by atoms with Crippen molar-refractivity contribution in [2.24, 2.45) is 0 Å². The molecule has 0 fully saturated rings. The molecule has 1 heterocycles. The number of hydrogen-bond acceptors (Lipinski definition) is 3. The van der Waals surface area contributed by atoms with Crippen molar-refractivity contribution in [2.45, 2.75) is 0 Å². The molecule has 1 amide bonds. The molecule has 0 saturated heterocycles. The van der Waals surface area contributed by atoms with E-state index in [0.717, 1.165) is 10.9 Å². The molecule has 0 aliphatic carbocycles. The minimum absolute atomic E-state index is 0.113. The molecule has 2 aromatic rings. The van der Waals surface area contributed by atoms with Crippen molar-refractivity contribution < 1.29 is 14.7 Å². The fraction of sp³-hybridized carbons (Fsp3) is 0.231. The summed E-state index contributed by atoms with van der Waals surface area (Å²) in [5, 5.41) is 12.4. The van der Waals surface area contributed by atoms with Crippen molar-refractivity contribution in [2.75, 3.05) is 26.0 Å². The van der Waals surface area contributed by atoms with Gasteiger partial charge in [-0.3, -0.25) is 4.79 Å². The van der Waals surface area contributed by atoms with Crippen LogP contribution in [0.2, 0.25) is 0 Å². The number of nitrogens with zero attached hydrogens (tertiary/aromatic N) is 1. The van der Waals surface area contributed by atoms with E-state index in [-0.39, 0.29) is 11.6 Å². The standard InChI is InChI=1S/C13H15N3O3/c1-16(2)7-12(17)14-9-3-4-10-8(5-9)6-11(15-10)13(18)19/h3-6,15H,7H2,1-2H3,(H,14,17)(H,18,19). The van der Waals surface area contributed by atoms with Crippen LogP contribution in [0.3, 0.4) is 0 Å². The quantitative estimate of drug-likeness (QED) is 0.776. The molecule has 6 heteroatoms. The number of carbonyl (C=O) groups excluding carboxylic acids is 1. The molecule has 1 aromatic carbocycles. The highest BCUT2D eigenvalue weighted by atomic mass is 16.4. The minimum atomic E-state index is -1.01. The molecule has 0 aliphatic heterocycles. The second-order valence-electron chi connectivity index (χ2n) is 4.58. The van der Waals surface area contributed by atoms with Gasteiger partial charge in [-0.2, -0.15) is 0 Å². The number of likely N-dealkylation sites (N-methyl/N-ethyl adjacent to an activating group) is 1. The van der Waals surface area contributed by atoms with Gasteiger partial charge in [-0.25, -0.2) is 4.79 Å². The molecule has 3 N–H and O–H groups in total. The number of aromatic nitrogens is 1. The van der Waals surface area contributed by atoms with Crippen molar-refractivity contribution >= 4 is 28.5 Å². The number of rotatable bonds is 4. The van der Waals surface area contributed by atoms with Gasteiger partial charge >= 0.3 is 5.97 Å². The number of nitrogens with one attached hydrogen (secondary N) is 2. The predicted molar refractivity (Wildman–Crippen MR) is 72.4 cm³/mol. The summed E-state index contributed by atoms with van der Waals surface area (Å²) in [5.41, 5.74) is 1.50. The van der Waals surface area contributed by atoms with E-state index in [2.05, 4.69) is 10.3 Å². The van der Waals surface area contributed by atoms with Gasteiger partial charge in [0, 0.05) is 16.6 Å². The number of carboxylic acids is 1. The molecule has 100 valence electrons. The maximum absolute atomic E-state index is 11.6. The SMILES string of the molecule is CN(C)CC(=O)Nc1ccc2[nH]c(C(=O)O)cc2c1. The van der Waals surface area contributed by atoms with Gasteiger partial charge in [0.05, 0.1) is 6.54 Å². The Balaban J connectivity index is 2.21. The summed E-state index contributed by atoms with van der Waals surface area (Å²) in [6.45, 7) is 0.297. The first-order valence-corrected chi connectivity index (χ1v) is 5.76. The smallest absolute Gasteiger partial charge is 0.352 e. The Labute approximate surface area is 110 Å². The van der Waals surface area contributed by atoms with Crippen LogP contribution in [0.1, 0.15) is 10.5 Å². The number of hydrogen-bond donors (Lipinski definition) is 3. The molecule has 1 aromatic heterocycles. The van der Waals surface area contributed by atoms with Crippen molar-refractivity contribution in [1.29, 1.82) is 0 Å². The van der Waals surface area contributed by atoms with Crippen LogP contribution in [-0.2, 0) is 4.79 Å². The number of H-pyrrole nitrogens is 1. The highest BCUT2D eigenvalue weighted by molar-refractivity contribution is 5.97. The second-order valence-corrected chi connectivity index (χ2v) is 4.58. The lowest BCUT2D eigenvalue weighted by atomic mass is 10.2.